The second-order valence-electron chi connectivity index (χ2n) is 4.62. The van der Waals surface area contributed by atoms with Crippen molar-refractivity contribution in [3.63, 3.8) is 0 Å². The van der Waals surface area contributed by atoms with Crippen molar-refractivity contribution in [1.29, 1.82) is 0 Å². The van der Waals surface area contributed by atoms with Gasteiger partial charge in [0.05, 0.1) is 24.6 Å². The van der Waals surface area contributed by atoms with Gasteiger partial charge in [-0.1, -0.05) is 0 Å². The van der Waals surface area contributed by atoms with Gasteiger partial charge in [-0.25, -0.2) is 19.3 Å². The molecule has 102 valence electrons. The van der Waals surface area contributed by atoms with E-state index in [0.29, 0.717) is 24.7 Å². The number of ether oxygens (including phenoxy) is 1. The van der Waals surface area contributed by atoms with Gasteiger partial charge in [0.15, 0.2) is 5.65 Å². The van der Waals surface area contributed by atoms with Crippen molar-refractivity contribution in [1.82, 2.24) is 19.6 Å². The second-order valence-corrected chi connectivity index (χ2v) is 4.92. The highest BCUT2D eigenvalue weighted by molar-refractivity contribution is 6.18. The molecule has 2 aromatic rings. The molecular formula is C11H14ClN5O2. The molecule has 1 aliphatic rings. The van der Waals surface area contributed by atoms with E-state index < -0.39 is 0 Å². The fraction of sp³-hybridized carbons (Fsp3) is 0.545. The van der Waals surface area contributed by atoms with Gasteiger partial charge in [0.2, 0.25) is 0 Å². The topological polar surface area (TPSA) is 75.5 Å². The standard InChI is InChI=1S/C11H14ClN5O2/c1-7-5-19-8(3-12)4-16(7)9-2-10-14-15-11(18)17(10)6-13-9/h2,6-8H,3-5H2,1H3,(H,15,18). The molecule has 8 heteroatoms. The number of alkyl halides is 1. The molecule has 1 aliphatic heterocycles. The lowest BCUT2D eigenvalue weighted by Gasteiger charge is -2.38. The van der Waals surface area contributed by atoms with Crippen LogP contribution < -0.4 is 10.6 Å². The Bertz CT molecular complexity index is 639. The Morgan fingerprint density at radius 3 is 3.26 bits per heavy atom. The number of hydrogen-bond donors (Lipinski definition) is 1. The molecule has 1 N–H and O–H groups in total. The van der Waals surface area contributed by atoms with Gasteiger partial charge in [0, 0.05) is 12.6 Å². The van der Waals surface area contributed by atoms with E-state index in [-0.39, 0.29) is 17.8 Å². The molecule has 2 atom stereocenters. The average Bonchev–Trinajstić information content (AvgIpc) is 2.80. The van der Waals surface area contributed by atoms with Gasteiger partial charge in [-0.05, 0) is 6.92 Å². The normalized spacial score (nSPS) is 24.0. The average molecular weight is 284 g/mol. The summed E-state index contributed by atoms with van der Waals surface area (Å²) in [6.07, 6.45) is 1.48. The van der Waals surface area contributed by atoms with E-state index in [9.17, 15) is 4.79 Å². The first-order valence-electron chi connectivity index (χ1n) is 6.06. The smallest absolute Gasteiger partial charge is 0.348 e. The van der Waals surface area contributed by atoms with Crippen molar-refractivity contribution < 1.29 is 4.74 Å². The zero-order chi connectivity index (χ0) is 13.4. The van der Waals surface area contributed by atoms with E-state index >= 15 is 0 Å². The molecule has 0 aliphatic carbocycles. The first kappa shape index (κ1) is 12.4. The molecular weight excluding hydrogens is 270 g/mol. The lowest BCUT2D eigenvalue weighted by atomic mass is 10.2. The summed E-state index contributed by atoms with van der Waals surface area (Å²) in [6.45, 7) is 3.35. The van der Waals surface area contributed by atoms with Crippen molar-refractivity contribution in [2.24, 2.45) is 0 Å². The van der Waals surface area contributed by atoms with Gasteiger partial charge < -0.3 is 9.64 Å². The molecule has 2 unspecified atom stereocenters. The fourth-order valence-corrected chi connectivity index (χ4v) is 2.37. The van der Waals surface area contributed by atoms with Gasteiger partial charge in [0.25, 0.3) is 0 Å². The van der Waals surface area contributed by atoms with Gasteiger partial charge >= 0.3 is 5.69 Å². The third-order valence-corrected chi connectivity index (χ3v) is 3.61. The predicted molar refractivity (Wildman–Crippen MR) is 70.9 cm³/mol. The molecule has 1 saturated heterocycles. The molecule has 0 aromatic carbocycles. The van der Waals surface area contributed by atoms with Crippen LogP contribution in [-0.2, 0) is 4.74 Å². The Balaban J connectivity index is 1.95. The SMILES string of the molecule is CC1COC(CCl)CN1c1cc2n[nH]c(=O)n2cn1. The minimum absolute atomic E-state index is 0.00253. The monoisotopic (exact) mass is 283 g/mol. The molecule has 0 saturated carbocycles. The van der Waals surface area contributed by atoms with E-state index in [1.54, 1.807) is 6.07 Å². The highest BCUT2D eigenvalue weighted by Gasteiger charge is 2.26. The van der Waals surface area contributed by atoms with Crippen LogP contribution in [0.25, 0.3) is 5.65 Å². The summed E-state index contributed by atoms with van der Waals surface area (Å²) in [4.78, 5) is 17.8. The minimum Gasteiger partial charge on any atom is -0.373 e. The van der Waals surface area contributed by atoms with Crippen LogP contribution in [0.3, 0.4) is 0 Å². The lowest BCUT2D eigenvalue weighted by molar-refractivity contribution is 0.0361. The van der Waals surface area contributed by atoms with Crippen molar-refractivity contribution >= 4 is 23.1 Å². The number of aromatic nitrogens is 4. The van der Waals surface area contributed by atoms with Crippen LogP contribution in [0.15, 0.2) is 17.2 Å². The Hall–Kier alpha value is -1.60. The number of nitrogens with zero attached hydrogens (tertiary/aromatic N) is 4. The van der Waals surface area contributed by atoms with Gasteiger partial charge in [-0.3, -0.25) is 0 Å². The van der Waals surface area contributed by atoms with E-state index in [1.807, 2.05) is 0 Å². The first-order chi connectivity index (χ1) is 9.19. The number of aromatic amines is 1. The fourth-order valence-electron chi connectivity index (χ4n) is 2.19. The minimum atomic E-state index is -0.289. The van der Waals surface area contributed by atoms with E-state index in [1.165, 1.54) is 10.7 Å². The zero-order valence-electron chi connectivity index (χ0n) is 10.4. The summed E-state index contributed by atoms with van der Waals surface area (Å²) < 4.78 is 6.97. The van der Waals surface area contributed by atoms with Crippen molar-refractivity contribution in [2.75, 3.05) is 23.9 Å². The predicted octanol–water partition coefficient (Wildman–Crippen LogP) is 0.250. The summed E-state index contributed by atoms with van der Waals surface area (Å²) >= 11 is 5.84. The Kier molecular flexibility index (Phi) is 3.16. The third kappa shape index (κ3) is 2.19. The largest absolute Gasteiger partial charge is 0.373 e. The van der Waals surface area contributed by atoms with Gasteiger partial charge in [-0.2, -0.15) is 5.10 Å². The van der Waals surface area contributed by atoms with Crippen LogP contribution in [0.1, 0.15) is 6.92 Å². The number of morpholine rings is 1. The molecule has 19 heavy (non-hydrogen) atoms. The highest BCUT2D eigenvalue weighted by atomic mass is 35.5. The van der Waals surface area contributed by atoms with Crippen LogP contribution in [-0.4, -0.2) is 50.8 Å². The molecule has 3 heterocycles. The Labute approximate surface area is 114 Å². The number of hydrogen-bond acceptors (Lipinski definition) is 5. The van der Waals surface area contributed by atoms with Crippen LogP contribution in [0.2, 0.25) is 0 Å². The molecule has 0 bridgehead atoms. The quantitative estimate of drug-likeness (QED) is 0.800. The van der Waals surface area contributed by atoms with Gasteiger partial charge in [0.1, 0.15) is 12.1 Å². The van der Waals surface area contributed by atoms with Crippen molar-refractivity contribution in [3.05, 3.63) is 22.9 Å². The Morgan fingerprint density at radius 2 is 2.47 bits per heavy atom. The van der Waals surface area contributed by atoms with Crippen molar-refractivity contribution in [2.45, 2.75) is 19.1 Å². The lowest BCUT2D eigenvalue weighted by Crippen LogP contribution is -2.49. The molecule has 0 radical (unpaired) electrons. The zero-order valence-corrected chi connectivity index (χ0v) is 11.2. The van der Waals surface area contributed by atoms with Gasteiger partial charge in [-0.15, -0.1) is 11.6 Å². The van der Waals surface area contributed by atoms with Crippen molar-refractivity contribution in [3.8, 4) is 0 Å². The molecule has 7 nitrogen and oxygen atoms in total. The summed E-state index contributed by atoms with van der Waals surface area (Å²) in [5, 5.41) is 6.33. The summed E-state index contributed by atoms with van der Waals surface area (Å²) in [5.41, 5.74) is 0.263. The number of anilines is 1. The van der Waals surface area contributed by atoms with Crippen LogP contribution in [0.5, 0.6) is 0 Å². The van der Waals surface area contributed by atoms with Crippen LogP contribution in [0.4, 0.5) is 5.82 Å². The number of fused-ring (bicyclic) bond motifs is 1. The third-order valence-electron chi connectivity index (χ3n) is 3.27. The molecule has 1 fully saturated rings. The van der Waals surface area contributed by atoms with E-state index in [0.717, 1.165) is 5.82 Å². The molecule has 3 rings (SSSR count). The number of rotatable bonds is 2. The molecule has 0 amide bonds. The van der Waals surface area contributed by atoms with Crippen LogP contribution >= 0.6 is 11.6 Å². The maximum absolute atomic E-state index is 11.4. The van der Waals surface area contributed by atoms with E-state index in [4.69, 9.17) is 16.3 Å². The number of H-pyrrole nitrogens is 1. The first-order valence-corrected chi connectivity index (χ1v) is 6.59. The second kappa shape index (κ2) is 4.82. The van der Waals surface area contributed by atoms with Crippen LogP contribution in [0, 0.1) is 0 Å². The summed E-state index contributed by atoms with van der Waals surface area (Å²) in [5.74, 6) is 1.23. The highest BCUT2D eigenvalue weighted by Crippen LogP contribution is 2.20. The summed E-state index contributed by atoms with van der Waals surface area (Å²) in [6, 6.07) is 1.99. The molecule has 0 spiro atoms. The number of halogens is 1. The van der Waals surface area contributed by atoms with E-state index in [2.05, 4.69) is 27.0 Å². The summed E-state index contributed by atoms with van der Waals surface area (Å²) in [7, 11) is 0. The Morgan fingerprint density at radius 1 is 1.63 bits per heavy atom. The maximum atomic E-state index is 11.4. The molecule has 2 aromatic heterocycles. The number of nitrogens with one attached hydrogen (secondary N) is 1. The maximum Gasteiger partial charge on any atom is 0.348 e.